The Morgan fingerprint density at radius 2 is 2.14 bits per heavy atom. The van der Waals surface area contributed by atoms with Gasteiger partial charge in [0.2, 0.25) is 0 Å². The molecule has 0 aromatic rings. The van der Waals surface area contributed by atoms with E-state index in [1.807, 2.05) is 6.07 Å². The van der Waals surface area contributed by atoms with Crippen LogP contribution in [0.3, 0.4) is 0 Å². The molecule has 0 saturated carbocycles. The Hall–Kier alpha value is -1.82. The summed E-state index contributed by atoms with van der Waals surface area (Å²) in [6.45, 7) is 3.35. The van der Waals surface area contributed by atoms with Gasteiger partial charge in [0.05, 0.1) is 12.7 Å². The lowest BCUT2D eigenvalue weighted by Gasteiger charge is -2.28. The van der Waals surface area contributed by atoms with E-state index in [4.69, 9.17) is 10.1 Å². The van der Waals surface area contributed by atoms with Crippen LogP contribution in [-0.4, -0.2) is 41.7 Å². The highest BCUT2D eigenvalue weighted by Gasteiger charge is 2.44. The Morgan fingerprint density at radius 3 is 2.62 bits per heavy atom. The van der Waals surface area contributed by atoms with Gasteiger partial charge in [-0.2, -0.15) is 18.4 Å². The molecule has 118 valence electrons. The topological polar surface area (TPSA) is 82.4 Å². The van der Waals surface area contributed by atoms with E-state index in [0.717, 1.165) is 5.06 Å². The molecule has 1 rings (SSSR count). The molecule has 0 aromatic carbocycles. The highest BCUT2D eigenvalue weighted by molar-refractivity contribution is 5.90. The lowest BCUT2D eigenvalue weighted by Crippen LogP contribution is -2.54. The molecule has 1 aliphatic rings. The maximum atomic E-state index is 12.3. The molecule has 2 amide bonds. The van der Waals surface area contributed by atoms with Gasteiger partial charge in [-0.15, -0.1) is 0 Å². The number of hydroxylamine groups is 2. The Kier molecular flexibility index (Phi) is 5.54. The summed E-state index contributed by atoms with van der Waals surface area (Å²) in [5.74, 6) is -3.56. The quantitative estimate of drug-likeness (QED) is 0.844. The first kappa shape index (κ1) is 17.2. The Labute approximate surface area is 119 Å². The molecule has 0 radical (unpaired) electrons. The average Bonchev–Trinajstić information content (AvgIpc) is 2.90. The Morgan fingerprint density at radius 1 is 1.52 bits per heavy atom. The van der Waals surface area contributed by atoms with Gasteiger partial charge in [-0.05, 0) is 5.92 Å². The fourth-order valence-electron chi connectivity index (χ4n) is 1.85. The number of hydrogen-bond acceptors (Lipinski definition) is 4. The number of rotatable bonds is 4. The zero-order valence-electron chi connectivity index (χ0n) is 11.6. The van der Waals surface area contributed by atoms with Gasteiger partial charge in [0.15, 0.2) is 0 Å². The minimum absolute atomic E-state index is 0.129. The third-order valence-corrected chi connectivity index (χ3v) is 3.29. The molecule has 1 saturated heterocycles. The number of nitriles is 1. The number of carbonyl (C=O) groups excluding carboxylic acids is 2. The summed E-state index contributed by atoms with van der Waals surface area (Å²) in [6.07, 6.45) is -4.42. The molecule has 1 heterocycles. The highest BCUT2D eigenvalue weighted by atomic mass is 19.4. The van der Waals surface area contributed by atoms with Gasteiger partial charge < -0.3 is 5.32 Å². The molecule has 2 unspecified atom stereocenters. The van der Waals surface area contributed by atoms with Crippen LogP contribution in [0.1, 0.15) is 26.7 Å². The molecule has 9 heteroatoms. The van der Waals surface area contributed by atoms with Crippen molar-refractivity contribution in [2.75, 3.05) is 6.61 Å². The summed E-state index contributed by atoms with van der Waals surface area (Å²) in [7, 11) is 0. The monoisotopic (exact) mass is 307 g/mol. The molecule has 1 N–H and O–H groups in total. The first-order valence-electron chi connectivity index (χ1n) is 6.45. The molecular formula is C12H16F3N3O3. The van der Waals surface area contributed by atoms with Crippen LogP contribution in [0, 0.1) is 17.2 Å². The summed E-state index contributed by atoms with van der Waals surface area (Å²) in [5, 5.41) is 11.3. The summed E-state index contributed by atoms with van der Waals surface area (Å²) < 4.78 is 37.0. The molecule has 3 atom stereocenters. The van der Waals surface area contributed by atoms with Crippen molar-refractivity contribution in [3.05, 3.63) is 0 Å². The molecule has 1 fully saturated rings. The highest BCUT2D eigenvalue weighted by Crippen LogP contribution is 2.21. The SMILES string of the molecule is CCC(C)[C@H](NC(=O)C(F)(F)F)C(=O)N1OCCC1C#N. The van der Waals surface area contributed by atoms with Crippen molar-refractivity contribution < 1.29 is 27.6 Å². The average molecular weight is 307 g/mol. The number of nitrogens with zero attached hydrogens (tertiary/aromatic N) is 2. The first-order chi connectivity index (χ1) is 9.72. The molecular weight excluding hydrogens is 291 g/mol. The van der Waals surface area contributed by atoms with Crippen LogP contribution in [0.4, 0.5) is 13.2 Å². The van der Waals surface area contributed by atoms with E-state index in [-0.39, 0.29) is 13.0 Å². The number of amides is 2. The number of hydrogen-bond donors (Lipinski definition) is 1. The summed E-state index contributed by atoms with van der Waals surface area (Å²) in [4.78, 5) is 28.3. The van der Waals surface area contributed by atoms with Gasteiger partial charge in [-0.3, -0.25) is 14.4 Å². The maximum absolute atomic E-state index is 12.3. The van der Waals surface area contributed by atoms with Crippen molar-refractivity contribution in [1.29, 1.82) is 5.26 Å². The minimum Gasteiger partial charge on any atom is -0.336 e. The number of alkyl halides is 3. The molecule has 0 aromatic heterocycles. The summed E-state index contributed by atoms with van der Waals surface area (Å²) in [5.41, 5.74) is 0. The minimum atomic E-state index is -5.08. The molecule has 6 nitrogen and oxygen atoms in total. The smallest absolute Gasteiger partial charge is 0.336 e. The second-order valence-corrected chi connectivity index (χ2v) is 4.77. The van der Waals surface area contributed by atoms with Gasteiger partial charge >= 0.3 is 12.1 Å². The van der Waals surface area contributed by atoms with E-state index in [2.05, 4.69) is 0 Å². The van der Waals surface area contributed by atoms with Crippen LogP contribution < -0.4 is 5.32 Å². The van der Waals surface area contributed by atoms with Gasteiger partial charge in [-0.1, -0.05) is 20.3 Å². The first-order valence-corrected chi connectivity index (χ1v) is 6.45. The van der Waals surface area contributed by atoms with Gasteiger partial charge in [0.1, 0.15) is 12.1 Å². The number of carbonyl (C=O) groups is 2. The Bertz CT molecular complexity index is 447. The summed E-state index contributed by atoms with van der Waals surface area (Å²) >= 11 is 0. The van der Waals surface area contributed by atoms with E-state index in [9.17, 15) is 22.8 Å². The van der Waals surface area contributed by atoms with E-state index in [0.29, 0.717) is 6.42 Å². The van der Waals surface area contributed by atoms with Gasteiger partial charge in [0.25, 0.3) is 5.91 Å². The van der Waals surface area contributed by atoms with Crippen LogP contribution in [0.25, 0.3) is 0 Å². The van der Waals surface area contributed by atoms with Crippen molar-refractivity contribution in [2.24, 2.45) is 5.92 Å². The Balaban J connectivity index is 2.90. The second kappa shape index (κ2) is 6.76. The molecule has 1 aliphatic heterocycles. The van der Waals surface area contributed by atoms with E-state index < -0.39 is 36.0 Å². The maximum Gasteiger partial charge on any atom is 0.471 e. The normalized spacial score (nSPS) is 21.5. The van der Waals surface area contributed by atoms with Crippen molar-refractivity contribution in [2.45, 2.75) is 44.9 Å². The van der Waals surface area contributed by atoms with E-state index >= 15 is 0 Å². The fourth-order valence-corrected chi connectivity index (χ4v) is 1.85. The zero-order chi connectivity index (χ0) is 16.2. The molecule has 21 heavy (non-hydrogen) atoms. The predicted octanol–water partition coefficient (Wildman–Crippen LogP) is 1.14. The lowest BCUT2D eigenvalue weighted by atomic mass is 9.97. The van der Waals surface area contributed by atoms with Crippen molar-refractivity contribution >= 4 is 11.8 Å². The third-order valence-electron chi connectivity index (χ3n) is 3.29. The van der Waals surface area contributed by atoms with E-state index in [1.165, 1.54) is 6.92 Å². The predicted molar refractivity (Wildman–Crippen MR) is 64.3 cm³/mol. The fraction of sp³-hybridized carbons (Fsp3) is 0.750. The largest absolute Gasteiger partial charge is 0.471 e. The van der Waals surface area contributed by atoms with Crippen molar-refractivity contribution in [3.8, 4) is 6.07 Å². The third kappa shape index (κ3) is 4.07. The second-order valence-electron chi connectivity index (χ2n) is 4.77. The molecule has 0 aliphatic carbocycles. The lowest BCUT2D eigenvalue weighted by molar-refractivity contribution is -0.183. The number of halogens is 3. The van der Waals surface area contributed by atoms with Crippen LogP contribution in [0.15, 0.2) is 0 Å². The zero-order valence-corrected chi connectivity index (χ0v) is 11.6. The molecule has 0 spiro atoms. The standard InChI is InChI=1S/C12H16F3N3O3/c1-3-7(2)9(17-11(20)12(13,14)15)10(19)18-8(6-16)4-5-21-18/h7-9H,3-5H2,1-2H3,(H,17,20)/t7?,8?,9-/m0/s1. The van der Waals surface area contributed by atoms with E-state index in [1.54, 1.807) is 12.2 Å². The van der Waals surface area contributed by atoms with Crippen LogP contribution in [0.5, 0.6) is 0 Å². The van der Waals surface area contributed by atoms with Crippen molar-refractivity contribution in [1.82, 2.24) is 10.4 Å². The van der Waals surface area contributed by atoms with Crippen LogP contribution >= 0.6 is 0 Å². The van der Waals surface area contributed by atoms with Crippen molar-refractivity contribution in [3.63, 3.8) is 0 Å². The van der Waals surface area contributed by atoms with Gasteiger partial charge in [0, 0.05) is 6.42 Å². The van der Waals surface area contributed by atoms with Crippen LogP contribution in [-0.2, 0) is 14.4 Å². The molecule has 0 bridgehead atoms. The number of nitrogens with one attached hydrogen (secondary N) is 1. The van der Waals surface area contributed by atoms with Gasteiger partial charge in [-0.25, -0.2) is 5.06 Å². The van der Waals surface area contributed by atoms with Crippen LogP contribution in [0.2, 0.25) is 0 Å². The summed E-state index contributed by atoms with van der Waals surface area (Å²) in [6, 6.07) is -0.410.